The molecule has 0 aromatic heterocycles. The summed E-state index contributed by atoms with van der Waals surface area (Å²) < 4.78 is 5.39. The highest BCUT2D eigenvalue weighted by Crippen LogP contribution is 2.45. The second kappa shape index (κ2) is 5.76. The van der Waals surface area contributed by atoms with Crippen LogP contribution >= 0.6 is 11.6 Å². The van der Waals surface area contributed by atoms with E-state index in [4.69, 9.17) is 22.1 Å². The van der Waals surface area contributed by atoms with E-state index < -0.39 is 10.8 Å². The number of phenolic OH excluding ortho intramolecular Hbond substituents is 1. The Bertz CT molecular complexity index is 933. The summed E-state index contributed by atoms with van der Waals surface area (Å²) in [6.07, 6.45) is 0. The zero-order valence-corrected chi connectivity index (χ0v) is 12.8. The molecule has 0 saturated carbocycles. The average Bonchev–Trinajstić information content (AvgIpc) is 2.53. The van der Waals surface area contributed by atoms with Crippen LogP contribution in [0.15, 0.2) is 47.9 Å². The average molecular weight is 344 g/mol. The Morgan fingerprint density at radius 2 is 2.00 bits per heavy atom. The molecule has 2 aromatic carbocycles. The van der Waals surface area contributed by atoms with Crippen molar-refractivity contribution in [3.8, 4) is 17.6 Å². The largest absolute Gasteiger partial charge is 0.508 e. The van der Waals surface area contributed by atoms with Gasteiger partial charge in [-0.15, -0.1) is 0 Å². The highest BCUT2D eigenvalue weighted by Gasteiger charge is 2.32. The second-order valence-electron chi connectivity index (χ2n) is 5.11. The molecule has 1 aliphatic rings. The molecule has 120 valence electrons. The van der Waals surface area contributed by atoms with Gasteiger partial charge in [-0.05, 0) is 17.7 Å². The van der Waals surface area contributed by atoms with E-state index in [1.165, 1.54) is 30.3 Å². The van der Waals surface area contributed by atoms with Crippen molar-refractivity contribution < 1.29 is 14.8 Å². The van der Waals surface area contributed by atoms with Crippen LogP contribution in [0, 0.1) is 21.4 Å². The predicted octanol–water partition coefficient (Wildman–Crippen LogP) is 3.17. The van der Waals surface area contributed by atoms with E-state index in [2.05, 4.69) is 0 Å². The van der Waals surface area contributed by atoms with Crippen molar-refractivity contribution >= 4 is 17.3 Å². The SMILES string of the molecule is N#CC1=C(N)Oc2cc(O)ccc2[C@@H]1c1ccc([N+](=O)[O-])cc1Cl. The maximum absolute atomic E-state index is 10.9. The monoisotopic (exact) mass is 343 g/mol. The van der Waals surface area contributed by atoms with Gasteiger partial charge in [0, 0.05) is 23.8 Å². The third kappa shape index (κ3) is 2.49. The lowest BCUT2D eigenvalue weighted by molar-refractivity contribution is -0.384. The zero-order chi connectivity index (χ0) is 17.4. The van der Waals surface area contributed by atoms with Crippen LogP contribution in [0.1, 0.15) is 17.0 Å². The standard InChI is InChI=1S/C16H10ClN3O4/c17-13-5-8(20(22)23)1-3-10(13)15-11-4-2-9(21)6-14(11)24-16(19)12(15)7-18/h1-6,15,21H,19H2/t15-/m0/s1. The molecule has 2 aromatic rings. The number of nitro groups is 1. The molecule has 3 rings (SSSR count). The Kier molecular flexibility index (Phi) is 3.75. The Morgan fingerprint density at radius 1 is 1.29 bits per heavy atom. The molecular formula is C16H10ClN3O4. The van der Waals surface area contributed by atoms with Crippen molar-refractivity contribution in [2.75, 3.05) is 0 Å². The molecule has 8 heteroatoms. The third-order valence-corrected chi connectivity index (χ3v) is 4.04. The number of phenols is 1. The molecule has 24 heavy (non-hydrogen) atoms. The summed E-state index contributed by atoms with van der Waals surface area (Å²) in [4.78, 5) is 10.3. The first-order valence-electron chi connectivity index (χ1n) is 6.76. The number of nitro benzene ring substituents is 1. The van der Waals surface area contributed by atoms with Crippen molar-refractivity contribution in [1.82, 2.24) is 0 Å². The van der Waals surface area contributed by atoms with Crippen molar-refractivity contribution in [2.45, 2.75) is 5.92 Å². The number of allylic oxidation sites excluding steroid dienone is 1. The number of non-ortho nitro benzene ring substituents is 1. The molecule has 1 heterocycles. The van der Waals surface area contributed by atoms with E-state index in [-0.39, 0.29) is 27.9 Å². The first-order valence-corrected chi connectivity index (χ1v) is 7.14. The summed E-state index contributed by atoms with van der Waals surface area (Å²) in [7, 11) is 0. The fourth-order valence-electron chi connectivity index (χ4n) is 2.63. The molecule has 0 radical (unpaired) electrons. The van der Waals surface area contributed by atoms with E-state index >= 15 is 0 Å². The van der Waals surface area contributed by atoms with Gasteiger partial charge in [0.05, 0.1) is 15.9 Å². The molecule has 0 amide bonds. The summed E-state index contributed by atoms with van der Waals surface area (Å²) in [6.45, 7) is 0. The Hall–Kier alpha value is -3.24. The van der Waals surface area contributed by atoms with E-state index in [1.54, 1.807) is 6.07 Å². The lowest BCUT2D eigenvalue weighted by Gasteiger charge is -2.27. The number of benzene rings is 2. The van der Waals surface area contributed by atoms with Gasteiger partial charge in [0.2, 0.25) is 5.88 Å². The van der Waals surface area contributed by atoms with Crippen LogP contribution in [-0.2, 0) is 0 Å². The third-order valence-electron chi connectivity index (χ3n) is 3.71. The molecule has 0 unspecified atom stereocenters. The molecule has 0 aliphatic carbocycles. The number of hydrogen-bond acceptors (Lipinski definition) is 6. The van der Waals surface area contributed by atoms with E-state index in [0.717, 1.165) is 0 Å². The van der Waals surface area contributed by atoms with Gasteiger partial charge in [-0.3, -0.25) is 10.1 Å². The molecule has 7 nitrogen and oxygen atoms in total. The van der Waals surface area contributed by atoms with Gasteiger partial charge in [-0.25, -0.2) is 0 Å². The number of aromatic hydroxyl groups is 1. The minimum atomic E-state index is -0.646. The predicted molar refractivity (Wildman–Crippen MR) is 85.5 cm³/mol. The summed E-state index contributed by atoms with van der Waals surface area (Å²) in [6, 6.07) is 10.4. The van der Waals surface area contributed by atoms with Gasteiger partial charge >= 0.3 is 0 Å². The molecular weight excluding hydrogens is 334 g/mol. The number of nitrogens with two attached hydrogens (primary N) is 1. The van der Waals surface area contributed by atoms with E-state index in [1.807, 2.05) is 6.07 Å². The van der Waals surface area contributed by atoms with Crippen molar-refractivity contribution in [3.05, 3.63) is 74.1 Å². The molecule has 0 saturated heterocycles. The number of rotatable bonds is 2. The molecule has 0 fully saturated rings. The van der Waals surface area contributed by atoms with Crippen LogP contribution in [-0.4, -0.2) is 10.0 Å². The second-order valence-corrected chi connectivity index (χ2v) is 5.52. The fraction of sp³-hybridized carbons (Fsp3) is 0.0625. The first-order chi connectivity index (χ1) is 11.4. The summed E-state index contributed by atoms with van der Waals surface area (Å²) in [5, 5.41) is 30.0. The normalized spacial score (nSPS) is 16.1. The van der Waals surface area contributed by atoms with Gasteiger partial charge in [-0.2, -0.15) is 5.26 Å². The molecule has 0 bridgehead atoms. The van der Waals surface area contributed by atoms with Gasteiger partial charge in [-0.1, -0.05) is 17.7 Å². The highest BCUT2D eigenvalue weighted by atomic mass is 35.5. The number of fused-ring (bicyclic) bond motifs is 1. The minimum absolute atomic E-state index is 0.0181. The van der Waals surface area contributed by atoms with E-state index in [0.29, 0.717) is 16.9 Å². The highest BCUT2D eigenvalue weighted by molar-refractivity contribution is 6.31. The van der Waals surface area contributed by atoms with Crippen LogP contribution in [0.3, 0.4) is 0 Å². The number of hydrogen-bond donors (Lipinski definition) is 2. The van der Waals surface area contributed by atoms with Crippen LogP contribution in [0.2, 0.25) is 5.02 Å². The lowest BCUT2D eigenvalue weighted by atomic mass is 9.83. The van der Waals surface area contributed by atoms with Crippen LogP contribution < -0.4 is 10.5 Å². The molecule has 3 N–H and O–H groups in total. The fourth-order valence-corrected chi connectivity index (χ4v) is 2.91. The van der Waals surface area contributed by atoms with Gasteiger partial charge in [0.1, 0.15) is 23.1 Å². The Balaban J connectivity index is 2.22. The lowest BCUT2D eigenvalue weighted by Crippen LogP contribution is -2.21. The number of ether oxygens (including phenoxy) is 1. The van der Waals surface area contributed by atoms with Crippen LogP contribution in [0.5, 0.6) is 11.5 Å². The quantitative estimate of drug-likeness (QED) is 0.637. The smallest absolute Gasteiger partial charge is 0.270 e. The van der Waals surface area contributed by atoms with Crippen molar-refractivity contribution in [1.29, 1.82) is 5.26 Å². The maximum atomic E-state index is 10.9. The molecule has 1 aliphatic heterocycles. The van der Waals surface area contributed by atoms with Crippen molar-refractivity contribution in [2.24, 2.45) is 5.73 Å². The Morgan fingerprint density at radius 3 is 2.62 bits per heavy atom. The molecule has 0 spiro atoms. The minimum Gasteiger partial charge on any atom is -0.508 e. The van der Waals surface area contributed by atoms with Crippen LogP contribution in [0.4, 0.5) is 5.69 Å². The topological polar surface area (TPSA) is 122 Å². The zero-order valence-electron chi connectivity index (χ0n) is 12.1. The molecule has 1 atom stereocenters. The summed E-state index contributed by atoms with van der Waals surface area (Å²) in [5.41, 5.74) is 6.86. The summed E-state index contributed by atoms with van der Waals surface area (Å²) in [5.74, 6) is -0.468. The maximum Gasteiger partial charge on any atom is 0.270 e. The van der Waals surface area contributed by atoms with Crippen molar-refractivity contribution in [3.63, 3.8) is 0 Å². The van der Waals surface area contributed by atoms with Gasteiger partial charge in [0.15, 0.2) is 0 Å². The van der Waals surface area contributed by atoms with Crippen LogP contribution in [0.25, 0.3) is 0 Å². The number of halogens is 1. The number of nitriles is 1. The Labute approximate surface area is 141 Å². The van der Waals surface area contributed by atoms with Gasteiger partial charge < -0.3 is 15.6 Å². The summed E-state index contributed by atoms with van der Waals surface area (Å²) >= 11 is 6.21. The van der Waals surface area contributed by atoms with E-state index in [9.17, 15) is 20.5 Å². The van der Waals surface area contributed by atoms with Gasteiger partial charge in [0.25, 0.3) is 5.69 Å². The number of nitrogens with zero attached hydrogens (tertiary/aromatic N) is 2. The first kappa shape index (κ1) is 15.6.